The van der Waals surface area contributed by atoms with Gasteiger partial charge in [0.15, 0.2) is 10.7 Å². The van der Waals surface area contributed by atoms with E-state index < -0.39 is 0 Å². The average Bonchev–Trinajstić information content (AvgIpc) is 2.81. The highest BCUT2D eigenvalue weighted by Gasteiger charge is 2.13. The average molecular weight is 261 g/mol. The summed E-state index contributed by atoms with van der Waals surface area (Å²) in [5.41, 5.74) is 1.69. The number of hydrogen-bond donors (Lipinski definition) is 0. The van der Waals surface area contributed by atoms with Gasteiger partial charge in [-0.3, -0.25) is 0 Å². The van der Waals surface area contributed by atoms with E-state index in [4.69, 9.17) is 4.52 Å². The Morgan fingerprint density at radius 3 is 3.00 bits per heavy atom. The van der Waals surface area contributed by atoms with Crippen LogP contribution in [-0.2, 0) is 0 Å². The van der Waals surface area contributed by atoms with Gasteiger partial charge in [-0.2, -0.15) is 0 Å². The van der Waals surface area contributed by atoms with Crippen molar-refractivity contribution in [1.82, 2.24) is 15.1 Å². The summed E-state index contributed by atoms with van der Waals surface area (Å²) in [4.78, 5) is 8.41. The molecule has 2 aromatic heterocycles. The number of halogens is 1. The Bertz CT molecular complexity index is 713. The van der Waals surface area contributed by atoms with Crippen LogP contribution in [-0.4, -0.2) is 21.4 Å². The molecular weight excluding hydrogens is 253 g/mol. The summed E-state index contributed by atoms with van der Waals surface area (Å²) in [6.45, 7) is 0. The third-order valence-electron chi connectivity index (χ3n) is 2.49. The molecule has 18 heavy (non-hydrogen) atoms. The minimum Gasteiger partial charge on any atom is -0.356 e. The summed E-state index contributed by atoms with van der Waals surface area (Å²) in [6, 6.07) is 6.01. The van der Waals surface area contributed by atoms with Crippen molar-refractivity contribution in [2.45, 2.75) is 5.16 Å². The molecular formula is C12H8FN3OS. The first-order valence-corrected chi connectivity index (χ1v) is 6.43. The Balaban J connectivity index is 2.21. The monoisotopic (exact) mass is 261 g/mol. The van der Waals surface area contributed by atoms with Crippen molar-refractivity contribution in [1.29, 1.82) is 0 Å². The number of nitrogens with zero attached hydrogens (tertiary/aromatic N) is 3. The van der Waals surface area contributed by atoms with Gasteiger partial charge in [-0.05, 0) is 30.5 Å². The molecule has 4 nitrogen and oxygen atoms in total. The Labute approximate surface area is 106 Å². The Hall–Kier alpha value is -1.95. The predicted molar refractivity (Wildman–Crippen MR) is 66.8 cm³/mol. The second kappa shape index (κ2) is 4.38. The molecule has 2 heterocycles. The van der Waals surface area contributed by atoms with Gasteiger partial charge in [0.25, 0.3) is 0 Å². The maximum atomic E-state index is 13.2. The van der Waals surface area contributed by atoms with Crippen LogP contribution in [0.2, 0.25) is 0 Å². The number of thioether (sulfide) groups is 1. The van der Waals surface area contributed by atoms with E-state index in [1.165, 1.54) is 23.9 Å². The van der Waals surface area contributed by atoms with Crippen LogP contribution in [0.4, 0.5) is 4.39 Å². The van der Waals surface area contributed by atoms with E-state index in [-0.39, 0.29) is 5.82 Å². The lowest BCUT2D eigenvalue weighted by atomic mass is 10.1. The molecule has 0 aliphatic carbocycles. The molecule has 0 fully saturated rings. The quantitative estimate of drug-likeness (QED) is 0.524. The molecule has 0 aliphatic heterocycles. The van der Waals surface area contributed by atoms with Crippen molar-refractivity contribution in [2.24, 2.45) is 0 Å². The van der Waals surface area contributed by atoms with Gasteiger partial charge in [0.05, 0.1) is 11.1 Å². The van der Waals surface area contributed by atoms with Gasteiger partial charge in [-0.1, -0.05) is 16.9 Å². The second-order valence-electron chi connectivity index (χ2n) is 3.60. The number of rotatable bonds is 2. The lowest BCUT2D eigenvalue weighted by molar-refractivity contribution is 0.458. The van der Waals surface area contributed by atoms with E-state index in [2.05, 4.69) is 15.1 Å². The molecule has 0 saturated carbocycles. The molecule has 0 bridgehead atoms. The third kappa shape index (κ3) is 1.84. The summed E-state index contributed by atoms with van der Waals surface area (Å²) >= 11 is 1.43. The van der Waals surface area contributed by atoms with Crippen LogP contribution in [0.25, 0.3) is 22.4 Å². The molecule has 0 N–H and O–H groups in total. The molecule has 1 aromatic carbocycles. The number of hydrogen-bond acceptors (Lipinski definition) is 5. The minimum absolute atomic E-state index is 0.328. The Morgan fingerprint density at radius 2 is 2.17 bits per heavy atom. The van der Waals surface area contributed by atoms with E-state index in [1.54, 1.807) is 18.3 Å². The highest BCUT2D eigenvalue weighted by molar-refractivity contribution is 7.98. The second-order valence-corrected chi connectivity index (χ2v) is 4.37. The SMILES string of the molecule is CSc1nccc(-c2noc3ccc(F)cc23)n1. The first-order valence-electron chi connectivity index (χ1n) is 5.20. The van der Waals surface area contributed by atoms with E-state index in [0.717, 1.165) is 0 Å². The van der Waals surface area contributed by atoms with Crippen molar-refractivity contribution in [3.8, 4) is 11.4 Å². The molecule has 6 heteroatoms. The van der Waals surface area contributed by atoms with Gasteiger partial charge in [-0.15, -0.1) is 0 Å². The van der Waals surface area contributed by atoms with Gasteiger partial charge in [0, 0.05) is 6.20 Å². The van der Waals surface area contributed by atoms with E-state index in [1.807, 2.05) is 6.26 Å². The largest absolute Gasteiger partial charge is 0.356 e. The first kappa shape index (κ1) is 11.2. The van der Waals surface area contributed by atoms with Crippen molar-refractivity contribution in [2.75, 3.05) is 6.26 Å². The zero-order chi connectivity index (χ0) is 12.5. The van der Waals surface area contributed by atoms with Crippen LogP contribution in [0.5, 0.6) is 0 Å². The highest BCUT2D eigenvalue weighted by atomic mass is 32.2. The lowest BCUT2D eigenvalue weighted by Gasteiger charge is -1.98. The van der Waals surface area contributed by atoms with Crippen LogP contribution < -0.4 is 0 Å². The number of fused-ring (bicyclic) bond motifs is 1. The zero-order valence-electron chi connectivity index (χ0n) is 9.42. The summed E-state index contributed by atoms with van der Waals surface area (Å²) < 4.78 is 18.4. The van der Waals surface area contributed by atoms with E-state index >= 15 is 0 Å². The molecule has 0 radical (unpaired) electrons. The molecule has 90 valence electrons. The summed E-state index contributed by atoms with van der Waals surface area (Å²) in [6.07, 6.45) is 3.54. The van der Waals surface area contributed by atoms with Crippen LogP contribution in [0, 0.1) is 5.82 Å². The molecule has 3 aromatic rings. The fourth-order valence-electron chi connectivity index (χ4n) is 1.67. The maximum Gasteiger partial charge on any atom is 0.187 e. The van der Waals surface area contributed by atoms with Crippen molar-refractivity contribution < 1.29 is 8.91 Å². The van der Waals surface area contributed by atoms with Gasteiger partial charge in [0.2, 0.25) is 0 Å². The molecule has 0 amide bonds. The van der Waals surface area contributed by atoms with Crippen molar-refractivity contribution in [3.63, 3.8) is 0 Å². The van der Waals surface area contributed by atoms with Crippen molar-refractivity contribution >= 4 is 22.7 Å². The molecule has 0 atom stereocenters. The van der Waals surface area contributed by atoms with Crippen LogP contribution in [0.1, 0.15) is 0 Å². The number of benzene rings is 1. The molecule has 0 unspecified atom stereocenters. The summed E-state index contributed by atoms with van der Waals surface area (Å²) in [5, 5.41) is 5.19. The van der Waals surface area contributed by atoms with Gasteiger partial charge in [-0.25, -0.2) is 14.4 Å². The minimum atomic E-state index is -0.328. The summed E-state index contributed by atoms with van der Waals surface area (Å²) in [7, 11) is 0. The predicted octanol–water partition coefficient (Wildman–Crippen LogP) is 3.15. The third-order valence-corrected chi connectivity index (χ3v) is 3.05. The fraction of sp³-hybridized carbons (Fsp3) is 0.0833. The first-order chi connectivity index (χ1) is 8.78. The van der Waals surface area contributed by atoms with E-state index in [9.17, 15) is 4.39 Å². The van der Waals surface area contributed by atoms with Gasteiger partial charge >= 0.3 is 0 Å². The van der Waals surface area contributed by atoms with Crippen LogP contribution >= 0.6 is 11.8 Å². The topological polar surface area (TPSA) is 51.8 Å². The molecule has 0 saturated heterocycles. The smallest absolute Gasteiger partial charge is 0.187 e. The van der Waals surface area contributed by atoms with Crippen LogP contribution in [0.3, 0.4) is 0 Å². The standard InChI is InChI=1S/C12H8FN3OS/c1-18-12-14-5-4-9(15-12)11-8-6-7(13)2-3-10(8)17-16-11/h2-6H,1H3. The Kier molecular flexibility index (Phi) is 2.71. The summed E-state index contributed by atoms with van der Waals surface area (Å²) in [5.74, 6) is -0.328. The number of aromatic nitrogens is 3. The van der Waals surface area contributed by atoms with Crippen molar-refractivity contribution in [3.05, 3.63) is 36.3 Å². The van der Waals surface area contributed by atoms with E-state index in [0.29, 0.717) is 27.5 Å². The van der Waals surface area contributed by atoms with Crippen LogP contribution in [0.15, 0.2) is 40.1 Å². The Morgan fingerprint density at radius 1 is 1.28 bits per heavy atom. The molecule has 3 rings (SSSR count). The highest BCUT2D eigenvalue weighted by Crippen LogP contribution is 2.27. The van der Waals surface area contributed by atoms with Gasteiger partial charge in [0.1, 0.15) is 11.5 Å². The molecule has 0 spiro atoms. The molecule has 0 aliphatic rings. The zero-order valence-corrected chi connectivity index (χ0v) is 10.2. The maximum absolute atomic E-state index is 13.2. The normalized spacial score (nSPS) is 11.0. The lowest BCUT2D eigenvalue weighted by Crippen LogP contribution is -1.89. The van der Waals surface area contributed by atoms with Gasteiger partial charge < -0.3 is 4.52 Å². The fourth-order valence-corrected chi connectivity index (χ4v) is 2.02.